The molecule has 20 nitrogen and oxygen atoms in total. The molecule has 0 atom stereocenters. The van der Waals surface area contributed by atoms with Crippen LogP contribution in [0.5, 0.6) is 34.5 Å². The van der Waals surface area contributed by atoms with Crippen molar-refractivity contribution in [3.05, 3.63) is 364 Å². The van der Waals surface area contributed by atoms with Gasteiger partial charge in [0.05, 0.1) is 36.7 Å². The molecule has 0 spiro atoms. The summed E-state index contributed by atoms with van der Waals surface area (Å²) in [6.45, 7) is 4.90. The number of benzene rings is 9. The lowest BCUT2D eigenvalue weighted by Gasteiger charge is -2.24. The van der Waals surface area contributed by atoms with Crippen molar-refractivity contribution >= 4 is 43.2 Å². The zero-order valence-electron chi connectivity index (χ0n) is 63.9. The van der Waals surface area contributed by atoms with Crippen molar-refractivity contribution < 1.29 is 64.4 Å². The number of rotatable bonds is 33. The van der Waals surface area contributed by atoms with Crippen molar-refractivity contribution in [3.8, 4) is 34.5 Å². The fourth-order valence-corrected chi connectivity index (χ4v) is 13.6. The molecule has 3 amide bonds. The van der Waals surface area contributed by atoms with Crippen LogP contribution in [0.3, 0.4) is 0 Å². The van der Waals surface area contributed by atoms with E-state index in [4.69, 9.17) is 28.4 Å². The Bertz CT molecular complexity index is 5330. The number of ether oxygens (including phenoxy) is 6. The van der Waals surface area contributed by atoms with Crippen LogP contribution in [-0.4, -0.2) is 123 Å². The minimum Gasteiger partial charge on any atom is -0.493 e. The molecule has 0 bridgehead atoms. The lowest BCUT2D eigenvalue weighted by atomic mass is 10.1. The third kappa shape index (κ3) is 25.1. The van der Waals surface area contributed by atoms with Crippen LogP contribution in [0.25, 0.3) is 0 Å². The Balaban J connectivity index is 0.000000180. The molecule has 0 saturated carbocycles. The number of Topliss-reactive ketones (excluding diaryl/α,β-unsaturated/α-hetero) is 1. The summed E-state index contributed by atoms with van der Waals surface area (Å²) in [4.78, 5) is 70.8. The second kappa shape index (κ2) is 41.3. The molecule has 3 heterocycles. The molecule has 12 aromatic rings. The Morgan fingerprint density at radius 1 is 0.327 bits per heavy atom. The first-order chi connectivity index (χ1) is 54.7. The van der Waals surface area contributed by atoms with E-state index in [1.165, 1.54) is 25.1 Å². The Morgan fingerprint density at radius 3 is 1.04 bits per heavy atom. The highest BCUT2D eigenvalue weighted by Gasteiger charge is 2.26. The molecule has 0 fully saturated rings. The molecule has 113 heavy (non-hydrogen) atoms. The number of aromatic nitrogens is 3. The maximum atomic E-state index is 13.7. The maximum absolute atomic E-state index is 13.7. The molecular formula is C91H90N6O14S2. The van der Waals surface area contributed by atoms with E-state index >= 15 is 0 Å². The molecule has 580 valence electrons. The summed E-state index contributed by atoms with van der Waals surface area (Å²) >= 11 is 0. The van der Waals surface area contributed by atoms with Gasteiger partial charge in [0.25, 0.3) is 17.7 Å². The van der Waals surface area contributed by atoms with Crippen LogP contribution in [0.15, 0.2) is 301 Å². The fourth-order valence-electron chi connectivity index (χ4n) is 12.0. The van der Waals surface area contributed by atoms with E-state index in [-0.39, 0.29) is 45.4 Å². The summed E-state index contributed by atoms with van der Waals surface area (Å²) < 4.78 is 83.6. The van der Waals surface area contributed by atoms with Gasteiger partial charge in [-0.2, -0.15) is 0 Å². The van der Waals surface area contributed by atoms with Crippen LogP contribution in [0, 0.1) is 0 Å². The van der Waals surface area contributed by atoms with Crippen LogP contribution < -0.4 is 28.4 Å². The SMILES string of the molecule is COc1cc(CN(CCc2ccccn2)C(=O)c2ccc(C(C)=O)cc2)ccc1OCc1ccccc1.COc1cc(CN(CCc2ccccn2)C(=O)c2cccc(S(C)(=O)=O)c2)ccc1OCc1ccccc1.COc1cc(CN(CCc2ccccn2)C(=O)c2ccccc2S(C)(=O)=O)ccc1OCc1ccccc1. The van der Waals surface area contributed by atoms with Crippen molar-refractivity contribution in [2.24, 2.45) is 0 Å². The topological polar surface area (TPSA) is 240 Å². The Labute approximate surface area is 661 Å². The number of methoxy groups -OCH3 is 3. The third-order valence-electron chi connectivity index (χ3n) is 18.0. The zero-order valence-corrected chi connectivity index (χ0v) is 65.5. The van der Waals surface area contributed by atoms with Crippen LogP contribution in [-0.2, 0) is 78.4 Å². The number of nitrogens with zero attached hydrogens (tertiary/aromatic N) is 6. The summed E-state index contributed by atoms with van der Waals surface area (Å²) in [6.07, 6.45) is 9.10. The first-order valence-corrected chi connectivity index (χ1v) is 40.3. The molecule has 0 aliphatic heterocycles. The van der Waals surface area contributed by atoms with Gasteiger partial charge in [-0.25, -0.2) is 16.8 Å². The zero-order chi connectivity index (χ0) is 80.0. The molecule has 0 saturated heterocycles. The summed E-state index contributed by atoms with van der Waals surface area (Å²) in [5, 5.41) is 0. The first kappa shape index (κ1) is 82.7. The van der Waals surface area contributed by atoms with Gasteiger partial charge in [0.1, 0.15) is 19.8 Å². The van der Waals surface area contributed by atoms with Crippen LogP contribution in [0.1, 0.15) is 98.8 Å². The number of amides is 3. The highest BCUT2D eigenvalue weighted by atomic mass is 32.2. The van der Waals surface area contributed by atoms with Gasteiger partial charge >= 0.3 is 0 Å². The van der Waals surface area contributed by atoms with Crippen LogP contribution in [0.2, 0.25) is 0 Å². The summed E-state index contributed by atoms with van der Waals surface area (Å²) in [5.74, 6) is 2.77. The van der Waals surface area contributed by atoms with Gasteiger partial charge in [-0.3, -0.25) is 34.1 Å². The maximum Gasteiger partial charge on any atom is 0.255 e. The average Bonchev–Trinajstić information content (AvgIpc) is 0.803. The Hall–Kier alpha value is -12.8. The molecule has 0 N–H and O–H groups in total. The second-order valence-corrected chi connectivity index (χ2v) is 30.4. The average molecular weight is 1560 g/mol. The third-order valence-corrected chi connectivity index (χ3v) is 20.3. The number of hydrogen-bond acceptors (Lipinski definition) is 17. The summed E-state index contributed by atoms with van der Waals surface area (Å²) in [6, 6.07) is 82.7. The molecule has 0 aliphatic rings. The number of hydrogen-bond donors (Lipinski definition) is 0. The van der Waals surface area contributed by atoms with E-state index in [1.807, 2.05) is 200 Å². The first-order valence-electron chi connectivity index (χ1n) is 36.5. The highest BCUT2D eigenvalue weighted by Crippen LogP contribution is 2.34. The van der Waals surface area contributed by atoms with Gasteiger partial charge in [-0.05, 0) is 156 Å². The smallest absolute Gasteiger partial charge is 0.255 e. The van der Waals surface area contributed by atoms with E-state index < -0.39 is 19.7 Å². The predicted molar refractivity (Wildman–Crippen MR) is 435 cm³/mol. The number of ketones is 1. The molecule has 0 radical (unpaired) electrons. The second-order valence-electron chi connectivity index (χ2n) is 26.4. The standard InChI is InChI=1S/C31H30N2O4.2C30H30N2O5S/c1-23(34)26-12-14-27(15-13-26)31(35)33(19-17-28-10-6-7-18-32-28)21-25-11-16-29(30(20-25)36-2)37-22-24-8-4-3-5-9-24;1-36-28-20-24(15-16-27(28)37-22-23-10-4-3-5-11-23)21-32(19-17-25-12-8-9-18-31-25)30(33)26-13-6-7-14-29(26)38(2,34)35;1-36-29-19-24(14-15-28(29)37-22-23-9-4-3-5-10-23)21-32(18-16-26-12-6-7-17-31-26)30(33)25-11-8-13-27(20-25)38(2,34)35/h3-16,18,20H,17,19,21-22H2,1-2H3;3-16,18,20H,17,19,21-22H2,1-2H3;3-15,17,19-20H,16,18,21-22H2,1-2H3. The summed E-state index contributed by atoms with van der Waals surface area (Å²) in [5.41, 5.74) is 9.89. The van der Waals surface area contributed by atoms with Gasteiger partial charge in [0.2, 0.25) is 0 Å². The lowest BCUT2D eigenvalue weighted by molar-refractivity contribution is 0.0734. The molecule has 9 aromatic carbocycles. The van der Waals surface area contributed by atoms with Crippen molar-refractivity contribution in [2.75, 3.05) is 53.5 Å². The van der Waals surface area contributed by atoms with Crippen molar-refractivity contribution in [2.45, 2.75) is 75.4 Å². The van der Waals surface area contributed by atoms with E-state index in [2.05, 4.69) is 15.0 Å². The van der Waals surface area contributed by atoms with E-state index in [9.17, 15) is 36.0 Å². The van der Waals surface area contributed by atoms with E-state index in [0.29, 0.717) is 123 Å². The van der Waals surface area contributed by atoms with Crippen LogP contribution in [0.4, 0.5) is 0 Å². The fraction of sp³-hybridized carbons (Fsp3) is 0.198. The molecule has 0 unspecified atom stereocenters. The molecule has 22 heteroatoms. The number of carbonyl (C=O) groups is 4. The summed E-state index contributed by atoms with van der Waals surface area (Å²) in [7, 11) is -2.29. The molecular weight excluding hydrogens is 1470 g/mol. The largest absolute Gasteiger partial charge is 0.493 e. The highest BCUT2D eigenvalue weighted by molar-refractivity contribution is 7.91. The predicted octanol–water partition coefficient (Wildman–Crippen LogP) is 15.7. The van der Waals surface area contributed by atoms with Crippen molar-refractivity contribution in [3.63, 3.8) is 0 Å². The van der Waals surface area contributed by atoms with Gasteiger partial charge in [-0.1, -0.05) is 158 Å². The Kier molecular flexibility index (Phi) is 30.2. The van der Waals surface area contributed by atoms with Gasteiger partial charge in [-0.15, -0.1) is 0 Å². The van der Waals surface area contributed by atoms with E-state index in [0.717, 1.165) is 63.0 Å². The van der Waals surface area contributed by atoms with Gasteiger partial charge in [0, 0.05) is 123 Å². The lowest BCUT2D eigenvalue weighted by Crippen LogP contribution is -2.33. The van der Waals surface area contributed by atoms with E-state index in [1.54, 1.807) is 109 Å². The molecule has 3 aromatic heterocycles. The van der Waals surface area contributed by atoms with Gasteiger partial charge in [0.15, 0.2) is 60.0 Å². The minimum atomic E-state index is -3.59. The monoisotopic (exact) mass is 1550 g/mol. The Morgan fingerprint density at radius 2 is 0.681 bits per heavy atom. The number of pyridine rings is 3. The molecule has 12 rings (SSSR count). The van der Waals surface area contributed by atoms with Crippen molar-refractivity contribution in [1.29, 1.82) is 0 Å². The van der Waals surface area contributed by atoms with Crippen LogP contribution >= 0.6 is 0 Å². The van der Waals surface area contributed by atoms with Crippen molar-refractivity contribution in [1.82, 2.24) is 29.7 Å². The molecule has 0 aliphatic carbocycles. The normalized spacial score (nSPS) is 10.9. The minimum absolute atomic E-state index is 0.00933. The number of carbonyl (C=O) groups excluding carboxylic acids is 4. The van der Waals surface area contributed by atoms with Gasteiger partial charge < -0.3 is 43.1 Å². The quantitative estimate of drug-likeness (QED) is 0.0347. The number of sulfone groups is 2.